The maximum absolute atomic E-state index is 12.6. The third kappa shape index (κ3) is 3.49. The minimum Gasteiger partial charge on any atom is -0.341 e. The number of likely N-dealkylation sites (tertiary alicyclic amines) is 1. The maximum Gasteiger partial charge on any atom is 0.228 e. The van der Waals surface area contributed by atoms with Crippen molar-refractivity contribution in [3.8, 4) is 0 Å². The fraction of sp³-hybridized carbons (Fsp3) is 0.667. The second kappa shape index (κ2) is 7.23. The van der Waals surface area contributed by atoms with Crippen LogP contribution in [-0.4, -0.2) is 52.9 Å². The molecule has 120 valence electrons. The summed E-state index contributed by atoms with van der Waals surface area (Å²) in [6.07, 6.45) is 9.74. The molecule has 0 bridgehead atoms. The van der Waals surface area contributed by atoms with Crippen molar-refractivity contribution in [1.29, 1.82) is 0 Å². The number of likely N-dealkylation sites (N-methyl/N-ethyl adjacent to an activating group) is 1. The van der Waals surface area contributed by atoms with Crippen LogP contribution in [0.1, 0.15) is 44.2 Å². The predicted octanol–water partition coefficient (Wildman–Crippen LogP) is 2.49. The Bertz CT molecular complexity index is 484. The van der Waals surface area contributed by atoms with Crippen LogP contribution in [0.3, 0.4) is 0 Å². The lowest BCUT2D eigenvalue weighted by Crippen LogP contribution is -2.53. The lowest BCUT2D eigenvalue weighted by molar-refractivity contribution is -0.133. The largest absolute Gasteiger partial charge is 0.341 e. The first-order valence-electron chi connectivity index (χ1n) is 8.65. The normalized spacial score (nSPS) is 26.0. The average molecular weight is 301 g/mol. The van der Waals surface area contributed by atoms with Crippen LogP contribution < -0.4 is 0 Å². The number of nitrogens with zero attached hydrogens (tertiary/aromatic N) is 3. The molecule has 1 aromatic heterocycles. The summed E-state index contributed by atoms with van der Waals surface area (Å²) in [4.78, 5) is 21.6. The molecule has 1 aliphatic carbocycles. The van der Waals surface area contributed by atoms with Crippen LogP contribution in [0.5, 0.6) is 0 Å². The van der Waals surface area contributed by atoms with E-state index in [-0.39, 0.29) is 5.91 Å². The van der Waals surface area contributed by atoms with Crippen molar-refractivity contribution in [1.82, 2.24) is 14.8 Å². The SMILES string of the molecule is CN(C(=O)Cc1ccccn1)C1CCCCC1N1CCCC1. The van der Waals surface area contributed by atoms with E-state index in [2.05, 4.69) is 9.88 Å². The van der Waals surface area contributed by atoms with E-state index in [1.54, 1.807) is 6.20 Å². The number of pyridine rings is 1. The number of rotatable bonds is 4. The van der Waals surface area contributed by atoms with E-state index in [0.29, 0.717) is 18.5 Å². The Morgan fingerprint density at radius 1 is 1.23 bits per heavy atom. The molecule has 0 aromatic carbocycles. The van der Waals surface area contributed by atoms with Gasteiger partial charge >= 0.3 is 0 Å². The molecule has 2 unspecified atom stereocenters. The van der Waals surface area contributed by atoms with E-state index < -0.39 is 0 Å². The van der Waals surface area contributed by atoms with Gasteiger partial charge in [0.15, 0.2) is 0 Å². The van der Waals surface area contributed by atoms with Crippen molar-refractivity contribution in [3.05, 3.63) is 30.1 Å². The molecule has 1 saturated heterocycles. The zero-order valence-electron chi connectivity index (χ0n) is 13.6. The lowest BCUT2D eigenvalue weighted by Gasteiger charge is -2.42. The van der Waals surface area contributed by atoms with E-state index >= 15 is 0 Å². The molecule has 2 aliphatic rings. The summed E-state index contributed by atoms with van der Waals surface area (Å²) in [6.45, 7) is 2.42. The van der Waals surface area contributed by atoms with Crippen molar-refractivity contribution in [2.75, 3.05) is 20.1 Å². The van der Waals surface area contributed by atoms with E-state index in [9.17, 15) is 4.79 Å². The standard InChI is InChI=1S/C18H27N3O/c1-20(18(22)14-15-8-4-5-11-19-15)16-9-2-3-10-17(16)21-12-6-7-13-21/h4-5,8,11,16-17H,2-3,6-7,9-10,12-14H2,1H3. The Hall–Kier alpha value is -1.42. The van der Waals surface area contributed by atoms with Crippen molar-refractivity contribution in [2.24, 2.45) is 0 Å². The molecular weight excluding hydrogens is 274 g/mol. The molecule has 4 nitrogen and oxygen atoms in total. The first-order chi connectivity index (χ1) is 10.8. The average Bonchev–Trinajstić information content (AvgIpc) is 3.09. The van der Waals surface area contributed by atoms with Crippen molar-refractivity contribution >= 4 is 5.91 Å². The summed E-state index contributed by atoms with van der Waals surface area (Å²) < 4.78 is 0. The van der Waals surface area contributed by atoms with Crippen LogP contribution in [0.15, 0.2) is 24.4 Å². The van der Waals surface area contributed by atoms with E-state index in [0.717, 1.165) is 12.1 Å². The topological polar surface area (TPSA) is 36.4 Å². The van der Waals surface area contributed by atoms with Gasteiger partial charge in [-0.1, -0.05) is 18.9 Å². The molecule has 0 spiro atoms. The molecule has 0 radical (unpaired) electrons. The predicted molar refractivity (Wildman–Crippen MR) is 87.6 cm³/mol. The first kappa shape index (κ1) is 15.5. The quantitative estimate of drug-likeness (QED) is 0.857. The number of hydrogen-bond acceptors (Lipinski definition) is 3. The van der Waals surface area contributed by atoms with Gasteiger partial charge in [-0.2, -0.15) is 0 Å². The highest BCUT2D eigenvalue weighted by molar-refractivity contribution is 5.78. The van der Waals surface area contributed by atoms with Gasteiger partial charge < -0.3 is 4.90 Å². The van der Waals surface area contributed by atoms with Crippen molar-refractivity contribution < 1.29 is 4.79 Å². The van der Waals surface area contributed by atoms with Gasteiger partial charge in [-0.3, -0.25) is 14.7 Å². The Balaban J connectivity index is 1.65. The molecule has 1 amide bonds. The van der Waals surface area contributed by atoms with Crippen molar-refractivity contribution in [2.45, 2.75) is 57.0 Å². The third-order valence-corrected chi connectivity index (χ3v) is 5.25. The van der Waals surface area contributed by atoms with Gasteiger partial charge in [-0.15, -0.1) is 0 Å². The number of carbonyl (C=O) groups excluding carboxylic acids is 1. The number of aromatic nitrogens is 1. The Labute approximate surface area is 133 Å². The summed E-state index contributed by atoms with van der Waals surface area (Å²) in [5.74, 6) is 0.204. The molecule has 4 heteroatoms. The number of hydrogen-bond donors (Lipinski definition) is 0. The zero-order chi connectivity index (χ0) is 15.4. The van der Waals surface area contributed by atoms with E-state index in [1.807, 2.05) is 30.1 Å². The highest BCUT2D eigenvalue weighted by Gasteiger charge is 2.35. The zero-order valence-corrected chi connectivity index (χ0v) is 13.6. The van der Waals surface area contributed by atoms with Gasteiger partial charge in [0.2, 0.25) is 5.91 Å². The van der Waals surface area contributed by atoms with E-state index in [4.69, 9.17) is 0 Å². The molecule has 1 saturated carbocycles. The highest BCUT2D eigenvalue weighted by atomic mass is 16.2. The van der Waals surface area contributed by atoms with Crippen LogP contribution in [0, 0.1) is 0 Å². The molecule has 0 N–H and O–H groups in total. The van der Waals surface area contributed by atoms with Gasteiger partial charge in [-0.25, -0.2) is 0 Å². The minimum absolute atomic E-state index is 0.204. The van der Waals surface area contributed by atoms with Gasteiger partial charge in [0.25, 0.3) is 0 Å². The molecule has 2 heterocycles. The van der Waals surface area contributed by atoms with Crippen LogP contribution in [0.25, 0.3) is 0 Å². The first-order valence-corrected chi connectivity index (χ1v) is 8.65. The summed E-state index contributed by atoms with van der Waals surface area (Å²) in [5.41, 5.74) is 0.868. The summed E-state index contributed by atoms with van der Waals surface area (Å²) in [6, 6.07) is 6.72. The van der Waals surface area contributed by atoms with Gasteiger partial charge in [0, 0.05) is 31.0 Å². The molecule has 1 aromatic rings. The van der Waals surface area contributed by atoms with Gasteiger partial charge in [0.1, 0.15) is 0 Å². The summed E-state index contributed by atoms with van der Waals surface area (Å²) in [7, 11) is 1.99. The van der Waals surface area contributed by atoms with Crippen LogP contribution in [0.2, 0.25) is 0 Å². The Morgan fingerprint density at radius 3 is 2.73 bits per heavy atom. The van der Waals surface area contributed by atoms with Crippen LogP contribution in [-0.2, 0) is 11.2 Å². The fourth-order valence-corrected chi connectivity index (χ4v) is 4.01. The second-order valence-electron chi connectivity index (χ2n) is 6.66. The molecule has 2 atom stereocenters. The maximum atomic E-state index is 12.6. The number of carbonyl (C=O) groups is 1. The highest BCUT2D eigenvalue weighted by Crippen LogP contribution is 2.29. The summed E-state index contributed by atoms with van der Waals surface area (Å²) in [5, 5.41) is 0. The molecule has 3 rings (SSSR count). The molecule has 22 heavy (non-hydrogen) atoms. The molecule has 1 aliphatic heterocycles. The molecular formula is C18H27N3O. The minimum atomic E-state index is 0.204. The van der Waals surface area contributed by atoms with Gasteiger partial charge in [-0.05, 0) is 50.9 Å². The third-order valence-electron chi connectivity index (χ3n) is 5.25. The Morgan fingerprint density at radius 2 is 2.00 bits per heavy atom. The van der Waals surface area contributed by atoms with Crippen LogP contribution in [0.4, 0.5) is 0 Å². The monoisotopic (exact) mass is 301 g/mol. The van der Waals surface area contributed by atoms with E-state index in [1.165, 1.54) is 45.2 Å². The fourth-order valence-electron chi connectivity index (χ4n) is 4.01. The summed E-state index contributed by atoms with van der Waals surface area (Å²) >= 11 is 0. The van der Waals surface area contributed by atoms with Gasteiger partial charge in [0.05, 0.1) is 6.42 Å². The second-order valence-corrected chi connectivity index (χ2v) is 6.66. The van der Waals surface area contributed by atoms with Crippen molar-refractivity contribution in [3.63, 3.8) is 0 Å². The smallest absolute Gasteiger partial charge is 0.228 e. The van der Waals surface area contributed by atoms with Crippen LogP contribution >= 0.6 is 0 Å². The lowest BCUT2D eigenvalue weighted by atomic mass is 9.88. The number of amides is 1. The Kier molecular flexibility index (Phi) is 5.08. The molecule has 2 fully saturated rings.